The third-order valence-corrected chi connectivity index (χ3v) is 3.31. The first-order valence-corrected chi connectivity index (χ1v) is 6.57. The van der Waals surface area contributed by atoms with Gasteiger partial charge in [-0.25, -0.2) is 0 Å². The molecule has 0 aliphatic rings. The molecule has 0 aliphatic carbocycles. The molecule has 0 aromatic carbocycles. The molecule has 0 bridgehead atoms. The Morgan fingerprint density at radius 2 is 1.20 bits per heavy atom. The molecule has 0 spiro atoms. The average molecular weight is 214 g/mol. The van der Waals surface area contributed by atoms with E-state index in [1.807, 2.05) is 0 Å². The second-order valence-corrected chi connectivity index (χ2v) is 4.76. The van der Waals surface area contributed by atoms with E-state index in [2.05, 4.69) is 52.2 Å². The first kappa shape index (κ1) is 14.9. The number of hydrogen-bond donors (Lipinski definition) is 2. The fraction of sp³-hybridized carbons (Fsp3) is 1.00. The molecule has 0 radical (unpaired) electrons. The molecule has 0 amide bonds. The topological polar surface area (TPSA) is 24.1 Å². The normalized spacial score (nSPS) is 19.6. The summed E-state index contributed by atoms with van der Waals surface area (Å²) >= 11 is 0. The van der Waals surface area contributed by atoms with Gasteiger partial charge in [0.25, 0.3) is 0 Å². The third kappa shape index (κ3) is 6.16. The maximum atomic E-state index is 3.68. The smallest absolute Gasteiger partial charge is 0.0218 e. The molecule has 4 unspecified atom stereocenters. The van der Waals surface area contributed by atoms with Gasteiger partial charge in [-0.2, -0.15) is 0 Å². The van der Waals surface area contributed by atoms with Crippen LogP contribution in [0.2, 0.25) is 0 Å². The van der Waals surface area contributed by atoms with Crippen LogP contribution in [0.15, 0.2) is 0 Å². The summed E-state index contributed by atoms with van der Waals surface area (Å²) in [5, 5.41) is 7.33. The Balaban J connectivity index is 4.03. The van der Waals surface area contributed by atoms with E-state index in [9.17, 15) is 0 Å². The second-order valence-electron chi connectivity index (χ2n) is 4.76. The number of hydrogen-bond acceptors (Lipinski definition) is 2. The second kappa shape index (κ2) is 8.12. The van der Waals surface area contributed by atoms with Crippen LogP contribution in [0.4, 0.5) is 0 Å². The van der Waals surface area contributed by atoms with Crippen LogP contribution in [0, 0.1) is 0 Å². The molecule has 0 saturated heterocycles. The monoisotopic (exact) mass is 214 g/mol. The summed E-state index contributed by atoms with van der Waals surface area (Å²) in [6.07, 6.45) is 3.59. The van der Waals surface area contributed by atoms with Crippen LogP contribution < -0.4 is 10.6 Å². The lowest BCUT2D eigenvalue weighted by atomic mass is 10.0. The van der Waals surface area contributed by atoms with Gasteiger partial charge in [-0.05, 0) is 40.0 Å². The Morgan fingerprint density at radius 1 is 0.733 bits per heavy atom. The van der Waals surface area contributed by atoms with E-state index < -0.39 is 0 Å². The highest BCUT2D eigenvalue weighted by molar-refractivity contribution is 4.81. The van der Waals surface area contributed by atoms with Crippen LogP contribution >= 0.6 is 0 Å². The number of rotatable bonds is 8. The molecule has 0 fully saturated rings. The molecule has 92 valence electrons. The molecule has 2 heteroatoms. The van der Waals surface area contributed by atoms with E-state index in [1.54, 1.807) is 0 Å². The van der Waals surface area contributed by atoms with E-state index in [1.165, 1.54) is 19.3 Å². The average Bonchev–Trinajstić information content (AvgIpc) is 2.24. The molecule has 2 N–H and O–H groups in total. The zero-order valence-corrected chi connectivity index (χ0v) is 11.4. The van der Waals surface area contributed by atoms with Crippen molar-refractivity contribution in [1.29, 1.82) is 0 Å². The standard InChI is InChI=1S/C13H30N2/c1-7-10(4)14-12(6)13(9-3)15-11(5)8-2/h10-15H,7-9H2,1-6H3. The van der Waals surface area contributed by atoms with Gasteiger partial charge in [0, 0.05) is 24.2 Å². The lowest BCUT2D eigenvalue weighted by molar-refractivity contribution is 0.322. The highest BCUT2D eigenvalue weighted by Gasteiger charge is 2.17. The van der Waals surface area contributed by atoms with Gasteiger partial charge < -0.3 is 10.6 Å². The first-order chi connectivity index (χ1) is 7.04. The van der Waals surface area contributed by atoms with E-state index >= 15 is 0 Å². The quantitative estimate of drug-likeness (QED) is 0.649. The summed E-state index contributed by atoms with van der Waals surface area (Å²) in [5.41, 5.74) is 0. The zero-order chi connectivity index (χ0) is 11.8. The first-order valence-electron chi connectivity index (χ1n) is 6.57. The molecule has 0 rings (SSSR count). The van der Waals surface area contributed by atoms with Crippen molar-refractivity contribution in [3.05, 3.63) is 0 Å². The van der Waals surface area contributed by atoms with Crippen molar-refractivity contribution in [2.24, 2.45) is 0 Å². The Labute approximate surface area is 96.2 Å². The Bertz CT molecular complexity index is 147. The third-order valence-electron chi connectivity index (χ3n) is 3.31. The Kier molecular flexibility index (Phi) is 8.07. The van der Waals surface area contributed by atoms with Crippen molar-refractivity contribution in [2.75, 3.05) is 0 Å². The lowest BCUT2D eigenvalue weighted by Gasteiger charge is -2.30. The van der Waals surface area contributed by atoms with Crippen molar-refractivity contribution in [1.82, 2.24) is 10.6 Å². The van der Waals surface area contributed by atoms with Crippen LogP contribution in [-0.4, -0.2) is 24.2 Å². The van der Waals surface area contributed by atoms with E-state index in [4.69, 9.17) is 0 Å². The highest BCUT2D eigenvalue weighted by Crippen LogP contribution is 2.04. The molecular weight excluding hydrogens is 184 g/mol. The minimum atomic E-state index is 0.555. The molecular formula is C13H30N2. The Hall–Kier alpha value is -0.0800. The minimum absolute atomic E-state index is 0.555. The van der Waals surface area contributed by atoms with Gasteiger partial charge in [-0.1, -0.05) is 20.8 Å². The van der Waals surface area contributed by atoms with Gasteiger partial charge in [0.15, 0.2) is 0 Å². The minimum Gasteiger partial charge on any atom is -0.310 e. The molecule has 2 nitrogen and oxygen atoms in total. The fourth-order valence-corrected chi connectivity index (χ4v) is 1.78. The predicted octanol–water partition coefficient (Wildman–Crippen LogP) is 2.93. The van der Waals surface area contributed by atoms with Crippen LogP contribution in [0.25, 0.3) is 0 Å². The van der Waals surface area contributed by atoms with Crippen LogP contribution in [0.3, 0.4) is 0 Å². The fourth-order valence-electron chi connectivity index (χ4n) is 1.78. The van der Waals surface area contributed by atoms with Crippen molar-refractivity contribution >= 4 is 0 Å². The van der Waals surface area contributed by atoms with Gasteiger partial charge in [0.05, 0.1) is 0 Å². The molecule has 0 saturated carbocycles. The summed E-state index contributed by atoms with van der Waals surface area (Å²) in [5.74, 6) is 0. The van der Waals surface area contributed by atoms with E-state index in [0.717, 1.165) is 0 Å². The zero-order valence-electron chi connectivity index (χ0n) is 11.4. The Morgan fingerprint density at radius 3 is 1.60 bits per heavy atom. The van der Waals surface area contributed by atoms with Gasteiger partial charge >= 0.3 is 0 Å². The molecule has 0 aromatic heterocycles. The van der Waals surface area contributed by atoms with Crippen molar-refractivity contribution in [3.8, 4) is 0 Å². The number of nitrogens with one attached hydrogen (secondary N) is 2. The van der Waals surface area contributed by atoms with Gasteiger partial charge in [0.1, 0.15) is 0 Å². The predicted molar refractivity (Wildman–Crippen MR) is 69.3 cm³/mol. The van der Waals surface area contributed by atoms with Crippen LogP contribution in [0.5, 0.6) is 0 Å². The summed E-state index contributed by atoms with van der Waals surface area (Å²) in [7, 11) is 0. The summed E-state index contributed by atoms with van der Waals surface area (Å²) in [6.45, 7) is 13.5. The largest absolute Gasteiger partial charge is 0.310 e. The maximum absolute atomic E-state index is 3.68. The van der Waals surface area contributed by atoms with Crippen LogP contribution in [0.1, 0.15) is 60.8 Å². The van der Waals surface area contributed by atoms with Crippen molar-refractivity contribution in [2.45, 2.75) is 85.0 Å². The molecule has 0 heterocycles. The molecule has 0 aromatic rings. The van der Waals surface area contributed by atoms with Crippen LogP contribution in [-0.2, 0) is 0 Å². The highest BCUT2D eigenvalue weighted by atomic mass is 15.0. The van der Waals surface area contributed by atoms with E-state index in [-0.39, 0.29) is 0 Å². The summed E-state index contributed by atoms with van der Waals surface area (Å²) in [4.78, 5) is 0. The summed E-state index contributed by atoms with van der Waals surface area (Å²) < 4.78 is 0. The van der Waals surface area contributed by atoms with Crippen molar-refractivity contribution in [3.63, 3.8) is 0 Å². The SMILES string of the molecule is CCC(C)NC(C)C(CC)NC(C)CC. The molecule has 15 heavy (non-hydrogen) atoms. The van der Waals surface area contributed by atoms with Gasteiger partial charge in [0.2, 0.25) is 0 Å². The maximum Gasteiger partial charge on any atom is 0.0218 e. The molecule has 4 atom stereocenters. The molecule has 0 aliphatic heterocycles. The van der Waals surface area contributed by atoms with Crippen molar-refractivity contribution < 1.29 is 0 Å². The van der Waals surface area contributed by atoms with Gasteiger partial charge in [-0.3, -0.25) is 0 Å². The summed E-state index contributed by atoms with van der Waals surface area (Å²) in [6, 6.07) is 2.39. The van der Waals surface area contributed by atoms with Gasteiger partial charge in [-0.15, -0.1) is 0 Å². The lowest BCUT2D eigenvalue weighted by Crippen LogP contribution is -2.50. The van der Waals surface area contributed by atoms with E-state index in [0.29, 0.717) is 24.2 Å².